The summed E-state index contributed by atoms with van der Waals surface area (Å²) < 4.78 is 52.1. The van der Waals surface area contributed by atoms with Crippen molar-refractivity contribution in [3.8, 4) is 5.75 Å². The highest BCUT2D eigenvalue weighted by Gasteiger charge is 2.28. The summed E-state index contributed by atoms with van der Waals surface area (Å²) in [6, 6.07) is 10.2. The Balaban J connectivity index is 1.64. The molecule has 6 nitrogen and oxygen atoms in total. The van der Waals surface area contributed by atoms with E-state index in [1.54, 1.807) is 31.5 Å². The third-order valence-electron chi connectivity index (χ3n) is 3.57. The van der Waals surface area contributed by atoms with Crippen molar-refractivity contribution in [3.05, 3.63) is 54.0 Å². The van der Waals surface area contributed by atoms with E-state index < -0.39 is 12.8 Å². The van der Waals surface area contributed by atoms with Gasteiger partial charge in [0.1, 0.15) is 18.1 Å². The Hall–Kier alpha value is -2.68. The van der Waals surface area contributed by atoms with Gasteiger partial charge in [-0.25, -0.2) is 0 Å². The minimum absolute atomic E-state index is 0.174. The van der Waals surface area contributed by atoms with Gasteiger partial charge in [0.25, 0.3) is 0 Å². The third kappa shape index (κ3) is 8.81. The molecule has 2 N–H and O–H groups in total. The molecule has 154 valence electrons. The maximum absolute atomic E-state index is 12.2. The second-order valence-corrected chi connectivity index (χ2v) is 5.89. The van der Waals surface area contributed by atoms with Crippen LogP contribution in [0, 0.1) is 0 Å². The van der Waals surface area contributed by atoms with E-state index in [0.29, 0.717) is 32.3 Å². The van der Waals surface area contributed by atoms with Gasteiger partial charge in [-0.15, -0.1) is 0 Å². The minimum Gasteiger partial charge on any atom is -0.484 e. The van der Waals surface area contributed by atoms with Crippen LogP contribution in [0.1, 0.15) is 17.7 Å². The highest BCUT2D eigenvalue weighted by atomic mass is 19.4. The van der Waals surface area contributed by atoms with Gasteiger partial charge in [-0.3, -0.25) is 4.99 Å². The van der Waals surface area contributed by atoms with Crippen LogP contribution < -0.4 is 15.4 Å². The van der Waals surface area contributed by atoms with Gasteiger partial charge in [-0.2, -0.15) is 13.2 Å². The summed E-state index contributed by atoms with van der Waals surface area (Å²) >= 11 is 0. The second kappa shape index (κ2) is 11.2. The van der Waals surface area contributed by atoms with Crippen LogP contribution in [0.3, 0.4) is 0 Å². The molecule has 0 aliphatic rings. The number of nitrogens with one attached hydrogen (secondary N) is 2. The van der Waals surface area contributed by atoms with Gasteiger partial charge in [-0.05, 0) is 36.2 Å². The zero-order chi connectivity index (χ0) is 20.2. The molecule has 0 aliphatic heterocycles. The van der Waals surface area contributed by atoms with Gasteiger partial charge in [0.2, 0.25) is 0 Å². The number of hydrogen-bond donors (Lipinski definition) is 2. The van der Waals surface area contributed by atoms with E-state index in [-0.39, 0.29) is 5.75 Å². The van der Waals surface area contributed by atoms with Crippen molar-refractivity contribution < 1.29 is 27.1 Å². The van der Waals surface area contributed by atoms with Crippen LogP contribution in [0.15, 0.2) is 52.1 Å². The van der Waals surface area contributed by atoms with Crippen LogP contribution in [0.2, 0.25) is 0 Å². The van der Waals surface area contributed by atoms with Gasteiger partial charge < -0.3 is 24.5 Å². The minimum atomic E-state index is -4.36. The van der Waals surface area contributed by atoms with Crippen molar-refractivity contribution in [2.45, 2.75) is 25.7 Å². The molecule has 1 aromatic carbocycles. The van der Waals surface area contributed by atoms with E-state index in [4.69, 9.17) is 13.9 Å². The molecular formula is C19H24F3N3O3. The van der Waals surface area contributed by atoms with Crippen molar-refractivity contribution >= 4 is 5.96 Å². The Kier molecular flexibility index (Phi) is 8.67. The highest BCUT2D eigenvalue weighted by Crippen LogP contribution is 2.19. The molecule has 0 fully saturated rings. The predicted molar refractivity (Wildman–Crippen MR) is 99.2 cm³/mol. The SMILES string of the molecule is CN=C(NCCCOCc1ccco1)NCc1cccc(OCC(F)(F)F)c1. The molecule has 28 heavy (non-hydrogen) atoms. The molecule has 0 bridgehead atoms. The molecule has 9 heteroatoms. The van der Waals surface area contributed by atoms with Crippen molar-refractivity contribution in [3.63, 3.8) is 0 Å². The second-order valence-electron chi connectivity index (χ2n) is 5.89. The molecule has 0 unspecified atom stereocenters. The molecule has 1 aromatic heterocycles. The number of alkyl halides is 3. The number of guanidine groups is 1. The topological polar surface area (TPSA) is 68.0 Å². The zero-order valence-corrected chi connectivity index (χ0v) is 15.6. The quantitative estimate of drug-likeness (QED) is 0.364. The van der Waals surface area contributed by atoms with E-state index in [9.17, 15) is 13.2 Å². The maximum Gasteiger partial charge on any atom is 0.422 e. The van der Waals surface area contributed by atoms with Crippen LogP contribution in [-0.2, 0) is 17.9 Å². The first kappa shape index (κ1) is 21.6. The lowest BCUT2D eigenvalue weighted by Gasteiger charge is -2.13. The number of furan rings is 1. The lowest BCUT2D eigenvalue weighted by Crippen LogP contribution is -2.37. The van der Waals surface area contributed by atoms with E-state index in [0.717, 1.165) is 17.7 Å². The molecular weight excluding hydrogens is 375 g/mol. The van der Waals surface area contributed by atoms with Crippen LogP contribution >= 0.6 is 0 Å². The molecule has 0 radical (unpaired) electrons. The van der Waals surface area contributed by atoms with Crippen LogP contribution in [0.25, 0.3) is 0 Å². The molecule has 1 heterocycles. The average Bonchev–Trinajstić information content (AvgIpc) is 3.18. The normalized spacial score (nSPS) is 12.1. The molecule has 0 saturated heterocycles. The fraction of sp³-hybridized carbons (Fsp3) is 0.421. The van der Waals surface area contributed by atoms with Crippen molar-refractivity contribution in [2.75, 3.05) is 26.8 Å². The van der Waals surface area contributed by atoms with Gasteiger partial charge in [0.05, 0.1) is 6.26 Å². The van der Waals surface area contributed by atoms with E-state index in [2.05, 4.69) is 15.6 Å². The number of rotatable bonds is 10. The molecule has 0 amide bonds. The number of aliphatic imine (C=N–C) groups is 1. The summed E-state index contributed by atoms with van der Waals surface area (Å²) in [4.78, 5) is 4.11. The Morgan fingerprint density at radius 2 is 2.04 bits per heavy atom. The van der Waals surface area contributed by atoms with Gasteiger partial charge in [0, 0.05) is 26.7 Å². The number of benzene rings is 1. The Bertz CT molecular complexity index is 719. The lowest BCUT2D eigenvalue weighted by atomic mass is 10.2. The number of halogens is 3. The first-order valence-electron chi connectivity index (χ1n) is 8.79. The summed E-state index contributed by atoms with van der Waals surface area (Å²) in [6.45, 7) is 0.759. The number of nitrogens with zero attached hydrogens (tertiary/aromatic N) is 1. The Morgan fingerprint density at radius 1 is 1.18 bits per heavy atom. The molecule has 2 aromatic rings. The third-order valence-corrected chi connectivity index (χ3v) is 3.57. The van der Waals surface area contributed by atoms with E-state index in [1.807, 2.05) is 12.1 Å². The Morgan fingerprint density at radius 3 is 2.75 bits per heavy atom. The highest BCUT2D eigenvalue weighted by molar-refractivity contribution is 5.79. The van der Waals surface area contributed by atoms with Crippen LogP contribution in [0.5, 0.6) is 5.75 Å². The van der Waals surface area contributed by atoms with Gasteiger partial charge in [-0.1, -0.05) is 12.1 Å². The van der Waals surface area contributed by atoms with Gasteiger partial charge in [0.15, 0.2) is 12.6 Å². The molecule has 0 aliphatic carbocycles. The smallest absolute Gasteiger partial charge is 0.422 e. The number of hydrogen-bond acceptors (Lipinski definition) is 4. The Labute approximate surface area is 161 Å². The fourth-order valence-corrected chi connectivity index (χ4v) is 2.27. The van der Waals surface area contributed by atoms with Crippen LogP contribution in [-0.4, -0.2) is 38.9 Å². The molecule has 0 spiro atoms. The van der Waals surface area contributed by atoms with Crippen molar-refractivity contribution in [1.29, 1.82) is 0 Å². The summed E-state index contributed by atoms with van der Waals surface area (Å²) in [5, 5.41) is 6.25. The monoisotopic (exact) mass is 399 g/mol. The molecule has 2 rings (SSSR count). The number of ether oxygens (including phenoxy) is 2. The molecule has 0 saturated carbocycles. The van der Waals surface area contributed by atoms with E-state index in [1.165, 1.54) is 6.07 Å². The summed E-state index contributed by atoms with van der Waals surface area (Å²) in [6.07, 6.45) is -1.97. The average molecular weight is 399 g/mol. The largest absolute Gasteiger partial charge is 0.484 e. The van der Waals surface area contributed by atoms with Gasteiger partial charge >= 0.3 is 6.18 Å². The van der Waals surface area contributed by atoms with Crippen LogP contribution in [0.4, 0.5) is 13.2 Å². The summed E-state index contributed by atoms with van der Waals surface area (Å²) in [5.74, 6) is 1.55. The van der Waals surface area contributed by atoms with Crippen molar-refractivity contribution in [2.24, 2.45) is 4.99 Å². The predicted octanol–water partition coefficient (Wildman–Crippen LogP) is 3.49. The summed E-state index contributed by atoms with van der Waals surface area (Å²) in [5.41, 5.74) is 0.782. The maximum atomic E-state index is 12.2. The standard InChI is InChI=1S/C19H24F3N3O3/c1-23-18(24-8-4-9-26-13-17-7-3-10-27-17)25-12-15-5-2-6-16(11-15)28-14-19(20,21)22/h2-3,5-7,10-11H,4,8-9,12-14H2,1H3,(H2,23,24,25). The van der Waals surface area contributed by atoms with Crippen molar-refractivity contribution in [1.82, 2.24) is 10.6 Å². The van der Waals surface area contributed by atoms with E-state index >= 15 is 0 Å². The fourth-order valence-electron chi connectivity index (χ4n) is 2.27. The zero-order valence-electron chi connectivity index (χ0n) is 15.6. The first-order chi connectivity index (χ1) is 13.5. The summed E-state index contributed by atoms with van der Waals surface area (Å²) in [7, 11) is 1.64. The lowest BCUT2D eigenvalue weighted by molar-refractivity contribution is -0.153. The first-order valence-corrected chi connectivity index (χ1v) is 8.79. The molecule has 0 atom stereocenters.